The summed E-state index contributed by atoms with van der Waals surface area (Å²) in [5, 5.41) is 0. The Hall–Kier alpha value is -2.08. The molecule has 120 valence electrons. The van der Waals surface area contributed by atoms with Gasteiger partial charge in [-0.3, -0.25) is 0 Å². The molecule has 0 heterocycles. The van der Waals surface area contributed by atoms with Crippen molar-refractivity contribution in [3.05, 3.63) is 92.8 Å². The van der Waals surface area contributed by atoms with E-state index in [2.05, 4.69) is 76.2 Å². The van der Waals surface area contributed by atoms with Crippen LogP contribution in [0.1, 0.15) is 60.1 Å². The Bertz CT molecular complexity index is 790. The summed E-state index contributed by atoms with van der Waals surface area (Å²) in [4.78, 5) is 0. The van der Waals surface area contributed by atoms with E-state index in [1.54, 1.807) is 0 Å². The van der Waals surface area contributed by atoms with Gasteiger partial charge in [0, 0.05) is 11.8 Å². The second kappa shape index (κ2) is 5.77. The molecule has 2 aromatic carbocycles. The molecule has 0 amide bonds. The van der Waals surface area contributed by atoms with Crippen LogP contribution in [0.25, 0.3) is 12.2 Å². The van der Waals surface area contributed by atoms with Crippen molar-refractivity contribution in [3.8, 4) is 0 Å². The molecule has 2 aliphatic carbocycles. The van der Waals surface area contributed by atoms with E-state index in [-0.39, 0.29) is 0 Å². The van der Waals surface area contributed by atoms with E-state index < -0.39 is 0 Å². The van der Waals surface area contributed by atoms with Gasteiger partial charge in [-0.1, -0.05) is 59.7 Å². The Labute approximate surface area is 145 Å². The van der Waals surface area contributed by atoms with Crippen LogP contribution in [0, 0.1) is 25.7 Å². The molecule has 4 rings (SSSR count). The molecule has 0 saturated heterocycles. The molecule has 2 radical (unpaired) electrons. The van der Waals surface area contributed by atoms with E-state index in [0.29, 0.717) is 0 Å². The van der Waals surface area contributed by atoms with Crippen LogP contribution in [-0.4, -0.2) is 0 Å². The molecule has 0 atom stereocenters. The van der Waals surface area contributed by atoms with E-state index in [1.165, 1.54) is 56.4 Å². The van der Waals surface area contributed by atoms with Crippen LogP contribution in [0.4, 0.5) is 0 Å². The highest BCUT2D eigenvalue weighted by atomic mass is 14.3. The maximum absolute atomic E-state index is 2.36. The van der Waals surface area contributed by atoms with Crippen molar-refractivity contribution in [3.63, 3.8) is 0 Å². The summed E-state index contributed by atoms with van der Waals surface area (Å²) in [6, 6.07) is 13.4. The standard InChI is InChI=1S/C24H24/c1-15-7-5-9-21-19(17(3)13-23(15)21)11-12-20-18(4)14-24-16(2)8-6-10-22(20)24/h5-10,13-14H,11-12H2,1-4H3. The zero-order valence-electron chi connectivity index (χ0n) is 15.0. The Morgan fingerprint density at radius 3 is 1.42 bits per heavy atom. The third-order valence-corrected chi connectivity index (χ3v) is 5.60. The molecule has 0 bridgehead atoms. The molecule has 0 spiro atoms. The van der Waals surface area contributed by atoms with Crippen LogP contribution < -0.4 is 0 Å². The Morgan fingerprint density at radius 1 is 0.583 bits per heavy atom. The lowest BCUT2D eigenvalue weighted by atomic mass is 9.84. The van der Waals surface area contributed by atoms with Crippen molar-refractivity contribution in [2.24, 2.45) is 0 Å². The molecule has 0 fully saturated rings. The van der Waals surface area contributed by atoms with Gasteiger partial charge in [-0.05, 0) is 73.9 Å². The summed E-state index contributed by atoms with van der Waals surface area (Å²) in [6.45, 7) is 8.94. The molecule has 0 nitrogen and oxygen atoms in total. The first-order valence-corrected chi connectivity index (χ1v) is 8.85. The quantitative estimate of drug-likeness (QED) is 0.610. The normalized spacial score (nSPS) is 16.8. The summed E-state index contributed by atoms with van der Waals surface area (Å²) in [7, 11) is 0. The molecular weight excluding hydrogens is 288 g/mol. The number of benzene rings is 2. The summed E-state index contributed by atoms with van der Waals surface area (Å²) >= 11 is 0. The van der Waals surface area contributed by atoms with Gasteiger partial charge in [0.05, 0.1) is 0 Å². The van der Waals surface area contributed by atoms with Crippen LogP contribution >= 0.6 is 0 Å². The number of hydrogen-bond acceptors (Lipinski definition) is 0. The fourth-order valence-corrected chi connectivity index (χ4v) is 4.22. The number of rotatable bonds is 3. The highest BCUT2D eigenvalue weighted by Gasteiger charge is 2.28. The Kier molecular flexibility index (Phi) is 3.72. The van der Waals surface area contributed by atoms with Crippen LogP contribution in [0.15, 0.2) is 47.5 Å². The van der Waals surface area contributed by atoms with Crippen LogP contribution in [-0.2, 0) is 0 Å². The van der Waals surface area contributed by atoms with Gasteiger partial charge in [-0.25, -0.2) is 0 Å². The highest BCUT2D eigenvalue weighted by Crippen LogP contribution is 2.44. The largest absolute Gasteiger partial charge is 0.0617 e. The van der Waals surface area contributed by atoms with E-state index in [1.807, 2.05) is 0 Å². The average Bonchev–Trinajstić information content (AvgIpc) is 3.04. The van der Waals surface area contributed by atoms with Crippen molar-refractivity contribution >= 4 is 12.2 Å². The van der Waals surface area contributed by atoms with Crippen molar-refractivity contribution in [2.75, 3.05) is 0 Å². The van der Waals surface area contributed by atoms with Gasteiger partial charge in [0.25, 0.3) is 0 Å². The lowest BCUT2D eigenvalue weighted by molar-refractivity contribution is 0.820. The summed E-state index contributed by atoms with van der Waals surface area (Å²) in [6.07, 6.45) is 6.96. The predicted octanol–water partition coefficient (Wildman–Crippen LogP) is 6.46. The SMILES string of the molecule is CC1=Cc2c(C)cccc2[C]1CC[C]1C(C)=Cc2c(C)cccc21. The number of fused-ring (bicyclic) bond motifs is 2. The third-order valence-electron chi connectivity index (χ3n) is 5.60. The Balaban J connectivity index is 1.58. The topological polar surface area (TPSA) is 0 Å². The monoisotopic (exact) mass is 312 g/mol. The van der Waals surface area contributed by atoms with Gasteiger partial charge in [0.2, 0.25) is 0 Å². The average molecular weight is 312 g/mol. The summed E-state index contributed by atoms with van der Waals surface area (Å²) in [5.74, 6) is 3.05. The minimum Gasteiger partial charge on any atom is -0.0617 e. The summed E-state index contributed by atoms with van der Waals surface area (Å²) < 4.78 is 0. The number of allylic oxidation sites excluding steroid dienone is 2. The van der Waals surface area contributed by atoms with Gasteiger partial charge in [0.1, 0.15) is 0 Å². The molecule has 0 aromatic heterocycles. The van der Waals surface area contributed by atoms with Crippen LogP contribution in [0.2, 0.25) is 0 Å². The molecular formula is C24H24. The number of aryl methyl sites for hydroxylation is 2. The Morgan fingerprint density at radius 2 is 1.00 bits per heavy atom. The van der Waals surface area contributed by atoms with Crippen molar-refractivity contribution in [1.29, 1.82) is 0 Å². The van der Waals surface area contributed by atoms with E-state index in [9.17, 15) is 0 Å². The van der Waals surface area contributed by atoms with Crippen LogP contribution in [0.3, 0.4) is 0 Å². The summed E-state index contributed by atoms with van der Waals surface area (Å²) in [5.41, 5.74) is 11.4. The molecule has 0 N–H and O–H groups in total. The molecule has 0 unspecified atom stereocenters. The molecule has 0 saturated carbocycles. The molecule has 2 aliphatic rings. The lowest BCUT2D eigenvalue weighted by Crippen LogP contribution is -2.05. The van der Waals surface area contributed by atoms with Gasteiger partial charge >= 0.3 is 0 Å². The third kappa shape index (κ3) is 2.36. The minimum absolute atomic E-state index is 1.12. The number of hydrogen-bond donors (Lipinski definition) is 0. The second-order valence-corrected chi connectivity index (χ2v) is 7.18. The zero-order valence-corrected chi connectivity index (χ0v) is 15.0. The zero-order chi connectivity index (χ0) is 16.8. The first-order chi connectivity index (χ1) is 11.6. The second-order valence-electron chi connectivity index (χ2n) is 7.18. The van der Waals surface area contributed by atoms with Crippen molar-refractivity contribution in [1.82, 2.24) is 0 Å². The van der Waals surface area contributed by atoms with E-state index in [0.717, 1.165) is 12.8 Å². The highest BCUT2D eigenvalue weighted by molar-refractivity contribution is 5.76. The van der Waals surface area contributed by atoms with Gasteiger partial charge in [-0.15, -0.1) is 0 Å². The smallest absolute Gasteiger partial charge is 0.0303 e. The van der Waals surface area contributed by atoms with Gasteiger partial charge in [-0.2, -0.15) is 0 Å². The fourth-order valence-electron chi connectivity index (χ4n) is 4.22. The van der Waals surface area contributed by atoms with Crippen molar-refractivity contribution in [2.45, 2.75) is 40.5 Å². The van der Waals surface area contributed by atoms with Crippen molar-refractivity contribution < 1.29 is 0 Å². The predicted molar refractivity (Wildman–Crippen MR) is 104 cm³/mol. The maximum atomic E-state index is 2.36. The lowest BCUT2D eigenvalue weighted by Gasteiger charge is -2.19. The van der Waals surface area contributed by atoms with Gasteiger partial charge in [0.15, 0.2) is 0 Å². The van der Waals surface area contributed by atoms with E-state index in [4.69, 9.17) is 0 Å². The van der Waals surface area contributed by atoms with Crippen LogP contribution in [0.5, 0.6) is 0 Å². The maximum Gasteiger partial charge on any atom is 0.0303 e. The minimum atomic E-state index is 1.12. The molecule has 2 aromatic rings. The first kappa shape index (κ1) is 15.4. The first-order valence-electron chi connectivity index (χ1n) is 8.85. The molecule has 24 heavy (non-hydrogen) atoms. The molecule has 0 heteroatoms. The molecule has 0 aliphatic heterocycles. The van der Waals surface area contributed by atoms with E-state index >= 15 is 0 Å². The fraction of sp³-hybridized carbons (Fsp3) is 0.250. The van der Waals surface area contributed by atoms with Gasteiger partial charge < -0.3 is 0 Å².